The minimum atomic E-state index is -0.997. The van der Waals surface area contributed by atoms with Gasteiger partial charge in [-0.1, -0.05) is 44.9 Å². The minimum absolute atomic E-state index is 0.338. The molecule has 0 aliphatic rings. The second-order valence-corrected chi connectivity index (χ2v) is 11.1. The van der Waals surface area contributed by atoms with Crippen LogP contribution in [0.4, 0.5) is 5.69 Å². The van der Waals surface area contributed by atoms with Gasteiger partial charge in [-0.3, -0.25) is 0 Å². The lowest BCUT2D eigenvalue weighted by Crippen LogP contribution is -2.31. The predicted molar refractivity (Wildman–Crippen MR) is 88.5 cm³/mol. The van der Waals surface area contributed by atoms with Gasteiger partial charge in [-0.15, -0.1) is 0 Å². The summed E-state index contributed by atoms with van der Waals surface area (Å²) < 4.78 is 0. The van der Waals surface area contributed by atoms with E-state index in [9.17, 15) is 4.79 Å². The quantitative estimate of drug-likeness (QED) is 0.512. The first-order chi connectivity index (χ1) is 9.56. The van der Waals surface area contributed by atoms with E-state index >= 15 is 0 Å². The molecule has 0 aromatic heterocycles. The van der Waals surface area contributed by atoms with Gasteiger partial charge in [0.15, 0.2) is 0 Å². The van der Waals surface area contributed by atoms with Crippen molar-refractivity contribution in [1.82, 2.24) is 0 Å². The van der Waals surface area contributed by atoms with Crippen molar-refractivity contribution in [2.45, 2.75) is 51.4 Å². The van der Waals surface area contributed by atoms with Crippen LogP contribution in [0.2, 0.25) is 24.2 Å². The molecule has 1 rings (SSSR count). The highest BCUT2D eigenvalue weighted by Crippen LogP contribution is 2.26. The van der Waals surface area contributed by atoms with Crippen LogP contribution in [0.3, 0.4) is 0 Å². The minimum Gasteiger partial charge on any atom is -0.478 e. The zero-order valence-electron chi connectivity index (χ0n) is 12.9. The van der Waals surface area contributed by atoms with Crippen LogP contribution in [-0.2, 0) is 0 Å². The Morgan fingerprint density at radius 2 is 1.65 bits per heavy atom. The van der Waals surface area contributed by atoms with Crippen molar-refractivity contribution in [3.8, 4) is 0 Å². The number of nitrogens with one attached hydrogen (secondary N) is 1. The second-order valence-electron chi connectivity index (χ2n) is 5.47. The van der Waals surface area contributed by atoms with E-state index in [-0.39, 0.29) is 0 Å². The highest BCUT2D eigenvalue weighted by atomic mass is 28.3. The molecule has 2 N–H and O–H groups in total. The maximum atomic E-state index is 10.8. The highest BCUT2D eigenvalue weighted by Gasteiger charge is 2.25. The number of carbonyl (C=O) groups is 1. The molecule has 0 radical (unpaired) electrons. The largest absolute Gasteiger partial charge is 0.478 e. The topological polar surface area (TPSA) is 49.3 Å². The van der Waals surface area contributed by atoms with E-state index in [1.54, 1.807) is 12.1 Å². The van der Waals surface area contributed by atoms with Crippen LogP contribution in [-0.4, -0.2) is 25.7 Å². The Morgan fingerprint density at radius 1 is 1.10 bits per heavy atom. The van der Waals surface area contributed by atoms with Gasteiger partial charge >= 0.3 is 5.97 Å². The van der Waals surface area contributed by atoms with E-state index in [1.807, 2.05) is 12.1 Å². The number of benzene rings is 1. The average molecular weight is 293 g/mol. The molecule has 0 aliphatic carbocycles. The van der Waals surface area contributed by atoms with Crippen molar-refractivity contribution < 1.29 is 9.90 Å². The Kier molecular flexibility index (Phi) is 6.79. The molecule has 112 valence electrons. The molecule has 1 aromatic rings. The summed E-state index contributed by atoms with van der Waals surface area (Å²) in [6.07, 6.45) is 1.21. The van der Waals surface area contributed by atoms with Gasteiger partial charge in [0.05, 0.1) is 13.6 Å². The molecule has 0 atom stereocenters. The number of carboxylic acid groups (broad SMARTS) is 1. The predicted octanol–water partition coefficient (Wildman–Crippen LogP) is 4.70. The molecule has 4 heteroatoms. The van der Waals surface area contributed by atoms with Crippen LogP contribution in [0.25, 0.3) is 0 Å². The summed E-state index contributed by atoms with van der Waals surface area (Å²) in [5, 5.41) is 12.2. The van der Waals surface area contributed by atoms with E-state index in [2.05, 4.69) is 26.1 Å². The van der Waals surface area contributed by atoms with Gasteiger partial charge in [0.1, 0.15) is 0 Å². The summed E-state index contributed by atoms with van der Waals surface area (Å²) in [6, 6.07) is 12.5. The first-order valence-electron chi connectivity index (χ1n) is 7.64. The molecule has 0 saturated carbocycles. The van der Waals surface area contributed by atoms with Crippen molar-refractivity contribution >= 4 is 19.7 Å². The van der Waals surface area contributed by atoms with Gasteiger partial charge in [-0.25, -0.2) is 4.79 Å². The van der Waals surface area contributed by atoms with Crippen molar-refractivity contribution in [3.63, 3.8) is 0 Å². The van der Waals surface area contributed by atoms with Gasteiger partial charge < -0.3 is 10.4 Å². The summed E-state index contributed by atoms with van der Waals surface area (Å²) in [5.74, 6) is -0.874. The van der Waals surface area contributed by atoms with Crippen molar-refractivity contribution in [2.75, 3.05) is 11.9 Å². The molecule has 0 spiro atoms. The van der Waals surface area contributed by atoms with Gasteiger partial charge in [0.2, 0.25) is 0 Å². The summed E-state index contributed by atoms with van der Waals surface area (Å²) in [4.78, 5) is 10.8. The molecule has 0 aliphatic heterocycles. The van der Waals surface area contributed by atoms with Crippen LogP contribution in [0, 0.1) is 0 Å². The van der Waals surface area contributed by atoms with E-state index in [4.69, 9.17) is 5.11 Å². The number of hydrogen-bond donors (Lipinski definition) is 2. The maximum Gasteiger partial charge on any atom is 0.335 e. The monoisotopic (exact) mass is 293 g/mol. The number of carboxylic acids is 1. The Balaban J connectivity index is 2.39. The highest BCUT2D eigenvalue weighted by molar-refractivity contribution is 6.79. The van der Waals surface area contributed by atoms with Crippen molar-refractivity contribution in [3.05, 3.63) is 29.8 Å². The number of aromatic carboxylic acids is 1. The standard InChI is InChI=1S/C16H27NO2Si/c1-4-20(5-2,6-3)13-7-12-17-15-10-8-14(9-11-15)16(18)19/h8-11,17H,4-7,12-13H2,1-3H3,(H,18,19). The van der Waals surface area contributed by atoms with E-state index in [0.29, 0.717) is 5.56 Å². The van der Waals surface area contributed by atoms with Crippen molar-refractivity contribution in [2.24, 2.45) is 0 Å². The molecule has 1 aromatic carbocycles. The normalized spacial score (nSPS) is 11.3. The molecule has 20 heavy (non-hydrogen) atoms. The van der Waals surface area contributed by atoms with Crippen LogP contribution in [0.5, 0.6) is 0 Å². The molecular formula is C16H27NO2Si. The fourth-order valence-electron chi connectivity index (χ4n) is 2.71. The number of hydrogen-bond acceptors (Lipinski definition) is 2. The molecular weight excluding hydrogens is 266 g/mol. The number of rotatable bonds is 9. The SMILES string of the molecule is CC[Si](CC)(CC)CCCNc1ccc(C(=O)O)cc1. The zero-order valence-corrected chi connectivity index (χ0v) is 13.9. The summed E-state index contributed by atoms with van der Waals surface area (Å²) >= 11 is 0. The first kappa shape index (κ1) is 16.8. The van der Waals surface area contributed by atoms with Crippen LogP contribution in [0.1, 0.15) is 37.6 Å². The second kappa shape index (κ2) is 8.10. The zero-order chi connectivity index (χ0) is 15.0. The van der Waals surface area contributed by atoms with Gasteiger partial charge in [0.25, 0.3) is 0 Å². The first-order valence-corrected chi connectivity index (χ1v) is 10.5. The summed E-state index contributed by atoms with van der Waals surface area (Å²) in [6.45, 7) is 8.01. The molecule has 0 heterocycles. The number of anilines is 1. The lowest BCUT2D eigenvalue weighted by molar-refractivity contribution is 0.0697. The van der Waals surface area contributed by atoms with Crippen LogP contribution >= 0.6 is 0 Å². The Morgan fingerprint density at radius 3 is 2.10 bits per heavy atom. The Labute approximate surface area is 123 Å². The van der Waals surface area contributed by atoms with Gasteiger partial charge in [-0.05, 0) is 30.7 Å². The molecule has 3 nitrogen and oxygen atoms in total. The van der Waals surface area contributed by atoms with Crippen LogP contribution in [0.15, 0.2) is 24.3 Å². The van der Waals surface area contributed by atoms with Crippen molar-refractivity contribution in [1.29, 1.82) is 0 Å². The Bertz CT molecular complexity index is 405. The smallest absolute Gasteiger partial charge is 0.335 e. The summed E-state index contributed by atoms with van der Waals surface area (Å²) in [7, 11) is -0.997. The fraction of sp³-hybridized carbons (Fsp3) is 0.562. The lowest BCUT2D eigenvalue weighted by Gasteiger charge is -2.28. The fourth-order valence-corrected chi connectivity index (χ4v) is 6.19. The summed E-state index contributed by atoms with van der Waals surface area (Å²) in [5.41, 5.74) is 1.34. The maximum absolute atomic E-state index is 10.8. The molecule has 0 amide bonds. The van der Waals surface area contributed by atoms with E-state index in [0.717, 1.165) is 12.2 Å². The van der Waals surface area contributed by atoms with Gasteiger partial charge in [-0.2, -0.15) is 0 Å². The third-order valence-corrected chi connectivity index (χ3v) is 10.5. The molecule has 0 fully saturated rings. The molecule has 0 bridgehead atoms. The van der Waals surface area contributed by atoms with E-state index in [1.165, 1.54) is 30.6 Å². The van der Waals surface area contributed by atoms with Crippen LogP contribution < -0.4 is 5.32 Å². The average Bonchev–Trinajstić information content (AvgIpc) is 2.49. The molecule has 0 saturated heterocycles. The Hall–Kier alpha value is -1.29. The molecule has 0 unspecified atom stereocenters. The third kappa shape index (κ3) is 4.67. The third-order valence-electron chi connectivity index (χ3n) is 4.59. The van der Waals surface area contributed by atoms with Gasteiger partial charge in [0, 0.05) is 12.2 Å². The lowest BCUT2D eigenvalue weighted by atomic mass is 10.2. The van der Waals surface area contributed by atoms with E-state index < -0.39 is 14.0 Å².